The van der Waals surface area contributed by atoms with Crippen molar-refractivity contribution in [1.82, 2.24) is 5.32 Å². The van der Waals surface area contributed by atoms with Gasteiger partial charge in [0, 0.05) is 6.04 Å². The van der Waals surface area contributed by atoms with Crippen LogP contribution in [0, 0.1) is 17.7 Å². The molecule has 0 aliphatic carbocycles. The van der Waals surface area contributed by atoms with Crippen molar-refractivity contribution in [2.24, 2.45) is 11.8 Å². The number of rotatable bonds is 7. The first kappa shape index (κ1) is 16.6. The largest absolute Gasteiger partial charge is 0.313 e. The third-order valence-corrected chi connectivity index (χ3v) is 4.70. The summed E-state index contributed by atoms with van der Waals surface area (Å²) < 4.78 is 14.2. The van der Waals surface area contributed by atoms with E-state index in [9.17, 15) is 4.39 Å². The Morgan fingerprint density at radius 2 is 1.95 bits per heavy atom. The summed E-state index contributed by atoms with van der Waals surface area (Å²) in [5.41, 5.74) is 1.04. The highest BCUT2D eigenvalue weighted by molar-refractivity contribution is 9.10. The predicted octanol–water partition coefficient (Wildman–Crippen LogP) is 4.79. The summed E-state index contributed by atoms with van der Waals surface area (Å²) in [7, 11) is 0. The lowest BCUT2D eigenvalue weighted by Gasteiger charge is -2.28. The smallest absolute Gasteiger partial charge is 0.137 e. The highest BCUT2D eigenvalue weighted by atomic mass is 79.9. The summed E-state index contributed by atoms with van der Waals surface area (Å²) in [5.74, 6) is 0.993. The van der Waals surface area contributed by atoms with Crippen LogP contribution in [-0.2, 0) is 6.42 Å². The van der Waals surface area contributed by atoms with E-state index in [2.05, 4.69) is 48.9 Å². The van der Waals surface area contributed by atoms with Gasteiger partial charge in [-0.1, -0.05) is 39.8 Å². The zero-order valence-electron chi connectivity index (χ0n) is 12.3. The molecule has 0 fully saturated rings. The maximum absolute atomic E-state index is 13.6. The van der Waals surface area contributed by atoms with Crippen molar-refractivity contribution >= 4 is 15.9 Å². The summed E-state index contributed by atoms with van der Waals surface area (Å²) >= 11 is 3.36. The molecule has 0 heterocycles. The molecule has 1 aromatic rings. The van der Waals surface area contributed by atoms with Gasteiger partial charge in [0.25, 0.3) is 0 Å². The van der Waals surface area contributed by atoms with Crippen LogP contribution in [0.15, 0.2) is 22.7 Å². The highest BCUT2D eigenvalue weighted by Gasteiger charge is 2.21. The lowest BCUT2D eigenvalue weighted by atomic mass is 9.86. The molecule has 0 aromatic heterocycles. The van der Waals surface area contributed by atoms with Crippen LogP contribution in [0.4, 0.5) is 4.39 Å². The standard InChI is InChI=1S/C16H25BrFN/c1-5-9-19-15(12(4)11(2)3)10-13-7-6-8-14(18)16(13)17/h6-8,11-12,15,19H,5,9-10H2,1-4H3. The summed E-state index contributed by atoms with van der Waals surface area (Å²) in [6.07, 6.45) is 1.98. The van der Waals surface area contributed by atoms with Crippen LogP contribution in [0.1, 0.15) is 39.7 Å². The third kappa shape index (κ3) is 4.88. The van der Waals surface area contributed by atoms with E-state index in [4.69, 9.17) is 0 Å². The average molecular weight is 330 g/mol. The maximum Gasteiger partial charge on any atom is 0.137 e. The van der Waals surface area contributed by atoms with E-state index >= 15 is 0 Å². The number of nitrogens with one attached hydrogen (secondary N) is 1. The van der Waals surface area contributed by atoms with Gasteiger partial charge in [0.1, 0.15) is 5.82 Å². The van der Waals surface area contributed by atoms with E-state index in [1.807, 2.05) is 6.07 Å². The number of halogens is 2. The maximum atomic E-state index is 13.6. The van der Waals surface area contributed by atoms with Crippen molar-refractivity contribution in [2.75, 3.05) is 6.54 Å². The molecule has 0 saturated carbocycles. The molecule has 1 N–H and O–H groups in total. The van der Waals surface area contributed by atoms with Crippen LogP contribution in [0.2, 0.25) is 0 Å². The van der Waals surface area contributed by atoms with Crippen LogP contribution in [-0.4, -0.2) is 12.6 Å². The molecule has 0 aliphatic heterocycles. The molecule has 1 aromatic carbocycles. The fourth-order valence-corrected chi connectivity index (χ4v) is 2.61. The van der Waals surface area contributed by atoms with Crippen molar-refractivity contribution < 1.29 is 4.39 Å². The van der Waals surface area contributed by atoms with Crippen molar-refractivity contribution in [3.8, 4) is 0 Å². The quantitative estimate of drug-likeness (QED) is 0.758. The first-order valence-electron chi connectivity index (χ1n) is 7.13. The monoisotopic (exact) mass is 329 g/mol. The second-order valence-corrected chi connectivity index (χ2v) is 6.37. The van der Waals surface area contributed by atoms with Gasteiger partial charge in [-0.05, 0) is 58.8 Å². The van der Waals surface area contributed by atoms with Gasteiger partial charge in [0.15, 0.2) is 0 Å². The minimum absolute atomic E-state index is 0.177. The van der Waals surface area contributed by atoms with Gasteiger partial charge in [-0.15, -0.1) is 0 Å². The number of hydrogen-bond acceptors (Lipinski definition) is 1. The molecule has 0 radical (unpaired) electrons. The highest BCUT2D eigenvalue weighted by Crippen LogP contribution is 2.25. The van der Waals surface area contributed by atoms with Crippen LogP contribution < -0.4 is 5.32 Å². The van der Waals surface area contributed by atoms with Crippen LogP contribution in [0.5, 0.6) is 0 Å². The summed E-state index contributed by atoms with van der Waals surface area (Å²) in [6, 6.07) is 5.67. The minimum Gasteiger partial charge on any atom is -0.313 e. The van der Waals surface area contributed by atoms with E-state index in [0.717, 1.165) is 24.9 Å². The zero-order valence-corrected chi connectivity index (χ0v) is 13.9. The second kappa shape index (κ2) is 8.01. The first-order chi connectivity index (χ1) is 8.97. The summed E-state index contributed by atoms with van der Waals surface area (Å²) in [6.45, 7) is 9.93. The Morgan fingerprint density at radius 1 is 1.26 bits per heavy atom. The van der Waals surface area contributed by atoms with E-state index in [0.29, 0.717) is 22.4 Å². The van der Waals surface area contributed by atoms with Gasteiger partial charge in [0.05, 0.1) is 4.47 Å². The second-order valence-electron chi connectivity index (χ2n) is 5.58. The summed E-state index contributed by atoms with van der Waals surface area (Å²) in [4.78, 5) is 0. The van der Waals surface area contributed by atoms with Gasteiger partial charge in [-0.25, -0.2) is 4.39 Å². The van der Waals surface area contributed by atoms with E-state index < -0.39 is 0 Å². The number of benzene rings is 1. The SMILES string of the molecule is CCCNC(Cc1cccc(F)c1Br)C(C)C(C)C. The molecule has 1 rings (SSSR count). The van der Waals surface area contributed by atoms with Crippen molar-refractivity contribution in [3.05, 3.63) is 34.1 Å². The van der Waals surface area contributed by atoms with Crippen LogP contribution >= 0.6 is 15.9 Å². The molecule has 2 atom stereocenters. The predicted molar refractivity (Wildman–Crippen MR) is 83.9 cm³/mol. The Hall–Kier alpha value is -0.410. The molecular formula is C16H25BrFN. The Labute approximate surface area is 125 Å². The molecule has 0 aliphatic rings. The molecule has 19 heavy (non-hydrogen) atoms. The minimum atomic E-state index is -0.177. The van der Waals surface area contributed by atoms with E-state index in [1.165, 1.54) is 6.07 Å². The van der Waals surface area contributed by atoms with Gasteiger partial charge < -0.3 is 5.32 Å². The topological polar surface area (TPSA) is 12.0 Å². The fourth-order valence-electron chi connectivity index (χ4n) is 2.18. The Kier molecular flexibility index (Phi) is 7.01. The number of hydrogen-bond donors (Lipinski definition) is 1. The lowest BCUT2D eigenvalue weighted by molar-refractivity contribution is 0.296. The third-order valence-electron chi connectivity index (χ3n) is 3.81. The normalized spacial score (nSPS) is 14.7. The molecule has 1 nitrogen and oxygen atoms in total. The van der Waals surface area contributed by atoms with Gasteiger partial charge in [-0.3, -0.25) is 0 Å². The molecule has 0 saturated heterocycles. The van der Waals surface area contributed by atoms with Crippen LogP contribution in [0.3, 0.4) is 0 Å². The van der Waals surface area contributed by atoms with Crippen LogP contribution in [0.25, 0.3) is 0 Å². The fraction of sp³-hybridized carbons (Fsp3) is 0.625. The van der Waals surface area contributed by atoms with Crippen molar-refractivity contribution in [1.29, 1.82) is 0 Å². The Morgan fingerprint density at radius 3 is 2.53 bits per heavy atom. The Balaban J connectivity index is 2.84. The Bertz CT molecular complexity index is 392. The summed E-state index contributed by atoms with van der Waals surface area (Å²) in [5, 5.41) is 3.60. The molecular weight excluding hydrogens is 305 g/mol. The van der Waals surface area contributed by atoms with Gasteiger partial charge >= 0.3 is 0 Å². The van der Waals surface area contributed by atoms with Crippen molar-refractivity contribution in [3.63, 3.8) is 0 Å². The van der Waals surface area contributed by atoms with E-state index in [1.54, 1.807) is 6.07 Å². The molecule has 3 heteroatoms. The molecule has 108 valence electrons. The molecule has 0 bridgehead atoms. The average Bonchev–Trinajstić information content (AvgIpc) is 2.38. The molecule has 0 amide bonds. The molecule has 0 spiro atoms. The molecule has 2 unspecified atom stereocenters. The van der Waals surface area contributed by atoms with Gasteiger partial charge in [0.2, 0.25) is 0 Å². The van der Waals surface area contributed by atoms with Gasteiger partial charge in [-0.2, -0.15) is 0 Å². The zero-order chi connectivity index (χ0) is 14.4. The first-order valence-corrected chi connectivity index (χ1v) is 7.92. The van der Waals surface area contributed by atoms with Crippen molar-refractivity contribution in [2.45, 2.75) is 46.6 Å². The van der Waals surface area contributed by atoms with E-state index in [-0.39, 0.29) is 5.82 Å². The lowest BCUT2D eigenvalue weighted by Crippen LogP contribution is -2.39.